The third-order valence-electron chi connectivity index (χ3n) is 11.2. The maximum Gasteiger partial charge on any atom is 0.302 e. The predicted molar refractivity (Wildman–Crippen MR) is 178 cm³/mol. The number of benzene rings is 1. The highest BCUT2D eigenvalue weighted by atomic mass is 16.5. The van der Waals surface area contributed by atoms with Crippen molar-refractivity contribution in [2.24, 2.45) is 34.4 Å². The monoisotopic (exact) mass is 640 g/mol. The van der Waals surface area contributed by atoms with E-state index in [0.717, 1.165) is 70.0 Å². The average Bonchev–Trinajstić information content (AvgIpc) is 3.05. The number of esters is 1. The zero-order valence-corrected chi connectivity index (χ0v) is 27.6. The number of nitrogens with zero attached hydrogens (tertiary/aromatic N) is 3. The molecule has 6 heterocycles. The van der Waals surface area contributed by atoms with Crippen molar-refractivity contribution in [3.8, 4) is 11.5 Å². The van der Waals surface area contributed by atoms with E-state index < -0.39 is 12.2 Å². The number of phenols is 1. The minimum Gasteiger partial charge on any atom is -0.504 e. The Hall–Kier alpha value is -2.60. The number of guanidine groups is 1. The van der Waals surface area contributed by atoms with Gasteiger partial charge in [-0.3, -0.25) is 14.6 Å². The third-order valence-corrected chi connectivity index (χ3v) is 11.2. The van der Waals surface area contributed by atoms with Crippen molar-refractivity contribution in [1.29, 1.82) is 0 Å². The number of rotatable bonds is 11. The minimum absolute atomic E-state index is 0.0887. The summed E-state index contributed by atoms with van der Waals surface area (Å²) in [4.78, 5) is 22.0. The topological polar surface area (TPSA) is 145 Å². The smallest absolute Gasteiger partial charge is 0.302 e. The number of aliphatic hydroxyl groups excluding tert-OH is 1. The van der Waals surface area contributed by atoms with Gasteiger partial charge in [0.05, 0.1) is 12.8 Å². The van der Waals surface area contributed by atoms with E-state index in [1.165, 1.54) is 32.7 Å². The standard InChI is InChI=1S/C35H56N6O5/c1-23(42)45-31(7-2-24-3-9-33(44)34(15-24)46-30-10-12-37-13-11-30)16-29(43)6-4-26-17-38-35(36)39-22-40-18-25-14-28(20-40)32-8-5-27(26)21-41(32)19-25/h3,9,15,25-32,37,43-44H,2,4-8,10-14,16-22H2,1H3,(H3,36,38,39)/t25-,26-,27+,28-,29+,31-,32-/m1/s1. The van der Waals surface area contributed by atoms with Crippen molar-refractivity contribution < 1.29 is 24.5 Å². The Morgan fingerprint density at radius 3 is 2.78 bits per heavy atom. The number of phenolic OH excluding ortho intramolecular Hbond substituents is 1. The first-order valence-corrected chi connectivity index (χ1v) is 17.8. The SMILES string of the molecule is CC(=O)O[C@H](CCc1ccc(O)c(OC2CCNCC2)c1)C[C@@H](O)CC[C@@H]1CNC(N)=NCN2C[C@H]3C[C@H](C2)[C@H]2CC[C@H]1CN2C3. The number of piperidine rings is 4. The Morgan fingerprint density at radius 2 is 1.96 bits per heavy atom. The maximum atomic E-state index is 12.0. The van der Waals surface area contributed by atoms with Crippen molar-refractivity contribution in [2.45, 2.75) is 95.5 Å². The molecule has 0 spiro atoms. The zero-order chi connectivity index (χ0) is 32.0. The number of carbonyl (C=O) groups excluding carboxylic acids is 1. The fourth-order valence-electron chi connectivity index (χ4n) is 8.92. The van der Waals surface area contributed by atoms with Crippen molar-refractivity contribution in [3.63, 3.8) is 0 Å². The van der Waals surface area contributed by atoms with Gasteiger partial charge >= 0.3 is 5.97 Å². The molecule has 11 nitrogen and oxygen atoms in total. The van der Waals surface area contributed by atoms with Crippen LogP contribution in [0.5, 0.6) is 11.5 Å². The number of nitrogens with two attached hydrogens (primary N) is 1. The van der Waals surface area contributed by atoms with Gasteiger partial charge in [-0.1, -0.05) is 6.07 Å². The summed E-state index contributed by atoms with van der Waals surface area (Å²) >= 11 is 0. The number of aliphatic imine (C=N–C) groups is 1. The van der Waals surface area contributed by atoms with Gasteiger partial charge in [-0.15, -0.1) is 0 Å². The van der Waals surface area contributed by atoms with E-state index in [4.69, 9.17) is 15.2 Å². The summed E-state index contributed by atoms with van der Waals surface area (Å²) in [5.74, 6) is 3.20. The fourth-order valence-corrected chi connectivity index (χ4v) is 8.92. The van der Waals surface area contributed by atoms with E-state index in [0.29, 0.717) is 67.9 Å². The molecule has 0 amide bonds. The maximum absolute atomic E-state index is 12.0. The van der Waals surface area contributed by atoms with E-state index >= 15 is 0 Å². The number of hydrogen-bond acceptors (Lipinski definition) is 11. The van der Waals surface area contributed by atoms with Crippen LogP contribution in [0.15, 0.2) is 23.2 Å². The Labute approximate surface area is 274 Å². The molecule has 1 aromatic rings. The molecular weight excluding hydrogens is 584 g/mol. The lowest BCUT2D eigenvalue weighted by Crippen LogP contribution is -2.60. The number of aryl methyl sites for hydroxylation is 1. The first-order valence-electron chi connectivity index (χ1n) is 17.8. The average molecular weight is 641 g/mol. The van der Waals surface area contributed by atoms with Gasteiger partial charge in [0, 0.05) is 52.1 Å². The van der Waals surface area contributed by atoms with Gasteiger partial charge in [0.2, 0.25) is 0 Å². The van der Waals surface area contributed by atoms with Gasteiger partial charge in [-0.05, 0) is 112 Å². The van der Waals surface area contributed by atoms with Gasteiger partial charge in [-0.25, -0.2) is 4.99 Å². The molecule has 6 N–H and O–H groups in total. The van der Waals surface area contributed by atoms with E-state index in [1.54, 1.807) is 6.07 Å². The first-order chi connectivity index (χ1) is 22.3. The second kappa shape index (κ2) is 15.5. The number of hydrogen-bond donors (Lipinski definition) is 5. The van der Waals surface area contributed by atoms with E-state index in [-0.39, 0.29) is 17.8 Å². The molecule has 0 radical (unpaired) electrons. The Bertz CT molecular complexity index is 1190. The van der Waals surface area contributed by atoms with Crippen molar-refractivity contribution >= 4 is 11.9 Å². The van der Waals surface area contributed by atoms with E-state index in [1.807, 2.05) is 12.1 Å². The minimum atomic E-state index is -0.575. The van der Waals surface area contributed by atoms with Crippen LogP contribution < -0.4 is 21.1 Å². The van der Waals surface area contributed by atoms with Crippen LogP contribution in [0.1, 0.15) is 70.3 Å². The second-order valence-electron chi connectivity index (χ2n) is 14.7. The first kappa shape index (κ1) is 33.3. The molecule has 0 saturated carbocycles. The number of fused-ring (bicyclic) bond motifs is 5. The highest BCUT2D eigenvalue weighted by Crippen LogP contribution is 2.41. The van der Waals surface area contributed by atoms with Gasteiger partial charge in [0.1, 0.15) is 12.2 Å². The molecule has 11 heteroatoms. The lowest BCUT2D eigenvalue weighted by atomic mass is 9.72. The van der Waals surface area contributed by atoms with Crippen molar-refractivity contribution in [1.82, 2.24) is 20.4 Å². The van der Waals surface area contributed by atoms with Crippen LogP contribution in [0.3, 0.4) is 0 Å². The number of aromatic hydroxyl groups is 1. The molecule has 9 atom stereocenters. The number of ether oxygens (including phenoxy) is 2. The van der Waals surface area contributed by atoms with Gasteiger partial charge in [0.25, 0.3) is 0 Å². The molecule has 6 aliphatic heterocycles. The highest BCUT2D eigenvalue weighted by molar-refractivity contribution is 5.77. The Balaban J connectivity index is 1.04. The van der Waals surface area contributed by atoms with Gasteiger partial charge in [0.15, 0.2) is 17.5 Å². The van der Waals surface area contributed by atoms with E-state index in [9.17, 15) is 15.0 Å². The summed E-state index contributed by atoms with van der Waals surface area (Å²) in [6, 6.07) is 6.14. The molecule has 1 aromatic carbocycles. The molecule has 7 rings (SSSR count). The van der Waals surface area contributed by atoms with Crippen molar-refractivity contribution in [3.05, 3.63) is 23.8 Å². The van der Waals surface area contributed by atoms with E-state index in [2.05, 4.69) is 25.4 Å². The third kappa shape index (κ3) is 8.85. The van der Waals surface area contributed by atoms with Crippen LogP contribution in [-0.2, 0) is 16.0 Å². The van der Waals surface area contributed by atoms with Crippen LogP contribution in [0.4, 0.5) is 0 Å². The van der Waals surface area contributed by atoms with Crippen LogP contribution in [0.2, 0.25) is 0 Å². The Morgan fingerprint density at radius 1 is 1.11 bits per heavy atom. The molecule has 6 aliphatic rings. The number of aliphatic hydroxyl groups is 1. The molecule has 4 fully saturated rings. The molecule has 4 saturated heterocycles. The lowest BCUT2D eigenvalue weighted by molar-refractivity contribution is -0.148. The second-order valence-corrected chi connectivity index (χ2v) is 14.7. The summed E-state index contributed by atoms with van der Waals surface area (Å²) in [6.07, 6.45) is 7.92. The summed E-state index contributed by atoms with van der Waals surface area (Å²) in [6.45, 7) is 9.23. The Kier molecular flexibility index (Phi) is 11.2. The molecule has 2 unspecified atom stereocenters. The largest absolute Gasteiger partial charge is 0.504 e. The summed E-state index contributed by atoms with van der Waals surface area (Å²) in [5, 5.41) is 28.4. The molecule has 0 aromatic heterocycles. The molecule has 256 valence electrons. The molecule has 6 bridgehead atoms. The predicted octanol–water partition coefficient (Wildman–Crippen LogP) is 2.44. The molecule has 46 heavy (non-hydrogen) atoms. The number of carbonyl (C=O) groups is 1. The van der Waals surface area contributed by atoms with Gasteiger partial charge < -0.3 is 36.1 Å². The summed E-state index contributed by atoms with van der Waals surface area (Å²) in [5.41, 5.74) is 7.33. The summed E-state index contributed by atoms with van der Waals surface area (Å²) in [7, 11) is 0. The van der Waals surface area contributed by atoms with Gasteiger partial charge in [-0.2, -0.15) is 0 Å². The fraction of sp³-hybridized carbons (Fsp3) is 0.771. The summed E-state index contributed by atoms with van der Waals surface area (Å²) < 4.78 is 11.8. The molecule has 0 aliphatic carbocycles. The normalized spacial score (nSPS) is 32.7. The quantitative estimate of drug-likeness (QED) is 0.229. The van der Waals surface area contributed by atoms with Crippen LogP contribution in [0.25, 0.3) is 0 Å². The van der Waals surface area contributed by atoms with Crippen molar-refractivity contribution in [2.75, 3.05) is 52.5 Å². The molecular formula is C35H56N6O5. The van der Waals surface area contributed by atoms with Crippen LogP contribution in [0, 0.1) is 23.7 Å². The van der Waals surface area contributed by atoms with Crippen LogP contribution >= 0.6 is 0 Å². The number of nitrogens with one attached hydrogen (secondary N) is 2. The highest BCUT2D eigenvalue weighted by Gasteiger charge is 2.44. The van der Waals surface area contributed by atoms with Crippen LogP contribution in [-0.4, -0.2) is 109 Å². The lowest BCUT2D eigenvalue weighted by Gasteiger charge is -2.54. The zero-order valence-electron chi connectivity index (χ0n) is 27.6.